The Morgan fingerprint density at radius 1 is 1.18 bits per heavy atom. The van der Waals surface area contributed by atoms with Crippen LogP contribution in [0.2, 0.25) is 5.02 Å². The topological polar surface area (TPSA) is 54.4 Å². The number of ether oxygens (including phenoxy) is 1. The number of pyridine rings is 1. The van der Waals surface area contributed by atoms with Crippen molar-refractivity contribution in [2.45, 2.75) is 31.7 Å². The summed E-state index contributed by atoms with van der Waals surface area (Å²) in [4.78, 5) is 4.40. The van der Waals surface area contributed by atoms with E-state index in [0.717, 1.165) is 17.5 Å². The highest BCUT2D eigenvalue weighted by atomic mass is 35.5. The Labute approximate surface area is 198 Å². The highest BCUT2D eigenvalue weighted by Crippen LogP contribution is 2.47. The van der Waals surface area contributed by atoms with E-state index in [4.69, 9.17) is 16.3 Å². The Morgan fingerprint density at radius 3 is 2.55 bits per heavy atom. The summed E-state index contributed by atoms with van der Waals surface area (Å²) in [6.07, 6.45) is -5.05. The van der Waals surface area contributed by atoms with Crippen molar-refractivity contribution >= 4 is 40.0 Å². The first-order valence-electron chi connectivity index (χ1n) is 10.0. The maximum Gasteiger partial charge on any atom is 0.420 e. The van der Waals surface area contributed by atoms with Crippen LogP contribution in [0, 0.1) is 12.7 Å². The predicted molar refractivity (Wildman–Crippen MR) is 125 cm³/mol. The zero-order valence-corrected chi connectivity index (χ0v) is 19.7. The molecule has 178 valence electrons. The monoisotopic (exact) mass is 502 g/mol. The van der Waals surface area contributed by atoms with Gasteiger partial charge in [0.05, 0.1) is 23.7 Å². The number of fused-ring (bicyclic) bond motifs is 1. The summed E-state index contributed by atoms with van der Waals surface area (Å²) in [7, 11) is 1.22. The van der Waals surface area contributed by atoms with Crippen molar-refractivity contribution in [1.29, 1.82) is 0 Å². The van der Waals surface area contributed by atoms with E-state index in [1.54, 1.807) is 44.2 Å². The molecule has 4 nitrogen and oxygen atoms in total. The number of thioether (sulfide) groups is 1. The van der Waals surface area contributed by atoms with Gasteiger partial charge in [0, 0.05) is 22.5 Å². The minimum absolute atomic E-state index is 0.217. The van der Waals surface area contributed by atoms with Crippen LogP contribution in [-0.2, 0) is 0 Å². The molecule has 0 saturated heterocycles. The average Bonchev–Trinajstić information content (AvgIpc) is 2.77. The average molecular weight is 503 g/mol. The van der Waals surface area contributed by atoms with Crippen molar-refractivity contribution < 1.29 is 27.4 Å². The maximum atomic E-state index is 14.7. The number of methoxy groups -OCH3 is 1. The van der Waals surface area contributed by atoms with Gasteiger partial charge in [-0.2, -0.15) is 24.9 Å². The van der Waals surface area contributed by atoms with E-state index >= 15 is 0 Å². The Bertz CT molecular complexity index is 1150. The molecule has 0 saturated carbocycles. The smallest absolute Gasteiger partial charge is 0.420 e. The lowest BCUT2D eigenvalue weighted by molar-refractivity contribution is -0.256. The number of anilines is 1. The van der Waals surface area contributed by atoms with Crippen LogP contribution in [0.15, 0.2) is 42.5 Å². The summed E-state index contributed by atoms with van der Waals surface area (Å²) in [5.41, 5.74) is -1.92. The number of hydrogen-bond donors (Lipinski definition) is 2. The van der Waals surface area contributed by atoms with Gasteiger partial charge in [0.1, 0.15) is 0 Å². The minimum Gasteiger partial charge on any atom is -0.494 e. The van der Waals surface area contributed by atoms with Gasteiger partial charge in [0.2, 0.25) is 0 Å². The van der Waals surface area contributed by atoms with Crippen LogP contribution in [0.1, 0.15) is 24.2 Å². The summed E-state index contributed by atoms with van der Waals surface area (Å²) in [6, 6.07) is 8.97. The molecule has 0 aliphatic heterocycles. The Hall–Kier alpha value is -2.23. The zero-order valence-electron chi connectivity index (χ0n) is 18.1. The molecule has 0 aliphatic rings. The van der Waals surface area contributed by atoms with E-state index in [1.165, 1.54) is 19.2 Å². The van der Waals surface area contributed by atoms with Crippen LogP contribution < -0.4 is 10.1 Å². The van der Waals surface area contributed by atoms with Gasteiger partial charge < -0.3 is 15.2 Å². The lowest BCUT2D eigenvalue weighted by Crippen LogP contribution is -2.54. The maximum absolute atomic E-state index is 14.7. The third kappa shape index (κ3) is 5.00. The normalized spacial score (nSPS) is 14.7. The second-order valence-corrected chi connectivity index (χ2v) is 9.10. The second-order valence-electron chi connectivity index (χ2n) is 7.45. The number of rotatable bonds is 8. The molecule has 0 amide bonds. The van der Waals surface area contributed by atoms with Gasteiger partial charge in [0.15, 0.2) is 17.2 Å². The lowest BCUT2D eigenvalue weighted by Gasteiger charge is -2.39. The fourth-order valence-corrected chi connectivity index (χ4v) is 4.62. The molecule has 0 bridgehead atoms. The quantitative estimate of drug-likeness (QED) is 0.342. The van der Waals surface area contributed by atoms with E-state index in [2.05, 4.69) is 10.3 Å². The fourth-order valence-electron chi connectivity index (χ4n) is 3.51. The molecule has 0 aliphatic carbocycles. The number of nitrogens with zero attached hydrogens (tertiary/aromatic N) is 1. The van der Waals surface area contributed by atoms with Gasteiger partial charge in [0.25, 0.3) is 0 Å². The van der Waals surface area contributed by atoms with Gasteiger partial charge in [-0.05, 0) is 48.6 Å². The molecule has 2 aromatic carbocycles. The van der Waals surface area contributed by atoms with Crippen molar-refractivity contribution in [2.24, 2.45) is 0 Å². The van der Waals surface area contributed by atoms with Crippen molar-refractivity contribution in [3.8, 4) is 5.75 Å². The highest BCUT2D eigenvalue weighted by Gasteiger charge is 2.59. The molecule has 0 spiro atoms. The fraction of sp³-hybridized carbons (Fsp3) is 0.348. The van der Waals surface area contributed by atoms with E-state index < -0.39 is 34.4 Å². The third-order valence-electron chi connectivity index (χ3n) is 5.27. The number of benzene rings is 2. The van der Waals surface area contributed by atoms with Crippen LogP contribution >= 0.6 is 23.4 Å². The predicted octanol–water partition coefficient (Wildman–Crippen LogP) is 6.54. The van der Waals surface area contributed by atoms with E-state index in [9.17, 15) is 22.7 Å². The summed E-state index contributed by atoms with van der Waals surface area (Å²) in [5, 5.41) is 13.9. The molecule has 3 aromatic rings. The first kappa shape index (κ1) is 25.4. The van der Waals surface area contributed by atoms with Crippen LogP contribution in [0.5, 0.6) is 5.75 Å². The number of aliphatic hydroxyl groups is 1. The van der Waals surface area contributed by atoms with Crippen LogP contribution in [-0.4, -0.2) is 40.5 Å². The Kier molecular flexibility index (Phi) is 7.65. The standard InChI is InChI=1S/C23H23ClF4N2O2S/c1-4-33-12-22(31,23(26,27)28)21(15-10-11-18(32-3)20(25)19(15)24)30-17-7-5-6-16-14(17)9-8-13(2)29-16/h5-11,21,30-31H,4,12H2,1-3H3. The Morgan fingerprint density at radius 2 is 1.91 bits per heavy atom. The molecule has 3 rings (SSSR count). The molecule has 1 aromatic heterocycles. The molecule has 2 unspecified atom stereocenters. The summed E-state index contributed by atoms with van der Waals surface area (Å²) < 4.78 is 62.6. The van der Waals surface area contributed by atoms with Gasteiger partial charge in [-0.1, -0.05) is 30.7 Å². The van der Waals surface area contributed by atoms with E-state index in [-0.39, 0.29) is 11.3 Å². The SMILES string of the molecule is CCSCC(O)(C(Nc1cccc2nc(C)ccc12)c1ccc(OC)c(F)c1Cl)C(F)(F)F. The number of alkyl halides is 3. The molecule has 1 heterocycles. The van der Waals surface area contributed by atoms with Gasteiger partial charge in [-0.25, -0.2) is 4.39 Å². The molecule has 10 heteroatoms. The lowest BCUT2D eigenvalue weighted by atomic mass is 9.88. The number of halogens is 5. The number of aromatic nitrogens is 1. The van der Waals surface area contributed by atoms with Crippen LogP contribution in [0.4, 0.5) is 23.2 Å². The van der Waals surface area contributed by atoms with E-state index in [1.807, 2.05) is 0 Å². The largest absolute Gasteiger partial charge is 0.494 e. The number of nitrogens with one attached hydrogen (secondary N) is 1. The van der Waals surface area contributed by atoms with Crippen molar-refractivity contribution in [1.82, 2.24) is 4.98 Å². The van der Waals surface area contributed by atoms with Crippen molar-refractivity contribution in [3.05, 3.63) is 64.6 Å². The molecule has 0 radical (unpaired) electrons. The zero-order chi connectivity index (χ0) is 24.4. The van der Waals surface area contributed by atoms with Gasteiger partial charge >= 0.3 is 6.18 Å². The van der Waals surface area contributed by atoms with Crippen LogP contribution in [0.3, 0.4) is 0 Å². The van der Waals surface area contributed by atoms with E-state index in [0.29, 0.717) is 22.3 Å². The Balaban J connectivity index is 2.23. The first-order chi connectivity index (χ1) is 15.5. The first-order valence-corrected chi connectivity index (χ1v) is 11.6. The molecule has 2 N–H and O–H groups in total. The molecule has 33 heavy (non-hydrogen) atoms. The molecular weight excluding hydrogens is 480 g/mol. The number of aryl methyl sites for hydroxylation is 1. The highest BCUT2D eigenvalue weighted by molar-refractivity contribution is 7.99. The molecular formula is C23H23ClF4N2O2S. The van der Waals surface area contributed by atoms with Gasteiger partial charge in [-0.3, -0.25) is 4.98 Å². The summed E-state index contributed by atoms with van der Waals surface area (Å²) >= 11 is 7.09. The third-order valence-corrected chi connectivity index (χ3v) is 6.71. The summed E-state index contributed by atoms with van der Waals surface area (Å²) in [6.45, 7) is 3.48. The summed E-state index contributed by atoms with van der Waals surface area (Å²) in [5.74, 6) is -1.57. The van der Waals surface area contributed by atoms with Crippen LogP contribution in [0.25, 0.3) is 10.9 Å². The van der Waals surface area contributed by atoms with Crippen molar-refractivity contribution in [2.75, 3.05) is 23.9 Å². The second kappa shape index (κ2) is 9.95. The molecule has 0 fully saturated rings. The van der Waals surface area contributed by atoms with Crippen molar-refractivity contribution in [3.63, 3.8) is 0 Å². The van der Waals surface area contributed by atoms with Gasteiger partial charge in [-0.15, -0.1) is 0 Å². The minimum atomic E-state index is -5.05. The number of hydrogen-bond acceptors (Lipinski definition) is 5. The molecule has 2 atom stereocenters.